The molecule has 1 aliphatic rings. The van der Waals surface area contributed by atoms with Crippen LogP contribution in [0.25, 0.3) is 0 Å². The number of cyclic esters (lactones) is 1. The van der Waals surface area contributed by atoms with Crippen LogP contribution in [0.5, 0.6) is 0 Å². The van der Waals surface area contributed by atoms with Gasteiger partial charge in [-0.05, 0) is 78.4 Å². The zero-order valence-corrected chi connectivity index (χ0v) is 19.4. The first kappa shape index (κ1) is 26.4. The molecule has 0 spiro atoms. The Labute approximate surface area is 201 Å². The summed E-state index contributed by atoms with van der Waals surface area (Å²) in [4.78, 5) is 13.5. The summed E-state index contributed by atoms with van der Waals surface area (Å²) < 4.78 is 124. The molecular formula is C21H15F9INO2. The van der Waals surface area contributed by atoms with Crippen LogP contribution < -0.4 is 0 Å². The van der Waals surface area contributed by atoms with E-state index >= 15 is 0 Å². The Morgan fingerprint density at radius 1 is 0.882 bits per heavy atom. The maximum absolute atomic E-state index is 13.2. The molecule has 0 saturated carbocycles. The maximum atomic E-state index is 13.2. The SMILES string of the molecule is C[C@@H]1N(Cc2cc(C(F)(F)F)cc(C(F)(F)F)c2)C(=O)OC1(C)c1cc(C(F)(F)F)ccc1I. The normalized spacial score (nSPS) is 21.7. The molecule has 0 aromatic heterocycles. The molecule has 1 saturated heterocycles. The van der Waals surface area contributed by atoms with E-state index in [0.29, 0.717) is 15.7 Å². The lowest BCUT2D eigenvalue weighted by atomic mass is 9.88. The monoisotopic (exact) mass is 611 g/mol. The van der Waals surface area contributed by atoms with Crippen LogP contribution in [0.1, 0.15) is 41.7 Å². The molecule has 0 radical (unpaired) electrons. The molecule has 1 unspecified atom stereocenters. The molecule has 1 amide bonds. The maximum Gasteiger partial charge on any atom is 0.416 e. The molecule has 186 valence electrons. The van der Waals surface area contributed by atoms with Gasteiger partial charge in [0.1, 0.15) is 0 Å². The minimum atomic E-state index is -5.07. The Morgan fingerprint density at radius 2 is 1.38 bits per heavy atom. The lowest BCUT2D eigenvalue weighted by Crippen LogP contribution is -2.39. The van der Waals surface area contributed by atoms with Gasteiger partial charge in [-0.15, -0.1) is 0 Å². The highest BCUT2D eigenvalue weighted by Crippen LogP contribution is 2.44. The van der Waals surface area contributed by atoms with Crippen LogP contribution in [0.3, 0.4) is 0 Å². The predicted molar refractivity (Wildman–Crippen MR) is 109 cm³/mol. The van der Waals surface area contributed by atoms with Gasteiger partial charge >= 0.3 is 24.6 Å². The van der Waals surface area contributed by atoms with Crippen molar-refractivity contribution in [3.63, 3.8) is 0 Å². The van der Waals surface area contributed by atoms with E-state index in [2.05, 4.69) is 0 Å². The van der Waals surface area contributed by atoms with Crippen molar-refractivity contribution in [3.8, 4) is 0 Å². The lowest BCUT2D eigenvalue weighted by Gasteiger charge is -2.31. The Balaban J connectivity index is 2.01. The van der Waals surface area contributed by atoms with Gasteiger partial charge in [-0.1, -0.05) is 0 Å². The fraction of sp³-hybridized carbons (Fsp3) is 0.381. The predicted octanol–water partition coefficient (Wildman–Crippen LogP) is 7.60. The first-order valence-corrected chi connectivity index (χ1v) is 10.6. The van der Waals surface area contributed by atoms with Gasteiger partial charge in [-0.2, -0.15) is 39.5 Å². The van der Waals surface area contributed by atoms with E-state index in [1.165, 1.54) is 19.9 Å². The van der Waals surface area contributed by atoms with Crippen LogP contribution in [0.2, 0.25) is 0 Å². The van der Waals surface area contributed by atoms with Gasteiger partial charge in [0.05, 0.1) is 22.7 Å². The number of amides is 1. The summed E-state index contributed by atoms with van der Waals surface area (Å²) in [5, 5.41) is 0. The molecule has 3 rings (SSSR count). The largest absolute Gasteiger partial charge is 0.436 e. The molecule has 34 heavy (non-hydrogen) atoms. The first-order valence-electron chi connectivity index (χ1n) is 9.49. The number of carbonyl (C=O) groups is 1. The Morgan fingerprint density at radius 3 is 1.85 bits per heavy atom. The van der Waals surface area contributed by atoms with Crippen LogP contribution in [-0.2, 0) is 35.4 Å². The average Bonchev–Trinajstić information content (AvgIpc) is 2.89. The summed E-state index contributed by atoms with van der Waals surface area (Å²) in [5.41, 5.74) is -6.21. The number of alkyl halides is 9. The van der Waals surface area contributed by atoms with E-state index in [-0.39, 0.29) is 11.6 Å². The number of nitrogens with zero attached hydrogens (tertiary/aromatic N) is 1. The lowest BCUT2D eigenvalue weighted by molar-refractivity contribution is -0.143. The third-order valence-corrected chi connectivity index (χ3v) is 6.57. The second-order valence-corrected chi connectivity index (χ2v) is 9.05. The Kier molecular flexibility index (Phi) is 6.59. The number of carbonyl (C=O) groups excluding carboxylic acids is 1. The highest BCUT2D eigenvalue weighted by atomic mass is 127. The number of hydrogen-bond acceptors (Lipinski definition) is 2. The number of rotatable bonds is 3. The number of benzene rings is 2. The van der Waals surface area contributed by atoms with Crippen molar-refractivity contribution in [3.05, 3.63) is 67.8 Å². The van der Waals surface area contributed by atoms with E-state index in [9.17, 15) is 44.3 Å². The van der Waals surface area contributed by atoms with Crippen molar-refractivity contribution in [2.45, 2.75) is 50.6 Å². The fourth-order valence-electron chi connectivity index (χ4n) is 3.65. The van der Waals surface area contributed by atoms with Crippen molar-refractivity contribution < 1.29 is 49.0 Å². The first-order chi connectivity index (χ1) is 15.3. The second kappa shape index (κ2) is 8.48. The van der Waals surface area contributed by atoms with Crippen LogP contribution in [0, 0.1) is 3.57 Å². The highest BCUT2D eigenvalue weighted by molar-refractivity contribution is 14.1. The van der Waals surface area contributed by atoms with Gasteiger partial charge in [-0.3, -0.25) is 4.90 Å². The van der Waals surface area contributed by atoms with Gasteiger partial charge in [0.25, 0.3) is 0 Å². The molecule has 0 N–H and O–H groups in total. The second-order valence-electron chi connectivity index (χ2n) is 7.89. The molecule has 2 atom stereocenters. The van der Waals surface area contributed by atoms with Gasteiger partial charge in [0.15, 0.2) is 5.60 Å². The van der Waals surface area contributed by atoms with Gasteiger partial charge in [-0.25, -0.2) is 4.79 Å². The van der Waals surface area contributed by atoms with E-state index in [0.717, 1.165) is 17.0 Å². The van der Waals surface area contributed by atoms with Crippen molar-refractivity contribution in [1.82, 2.24) is 4.90 Å². The molecule has 13 heteroatoms. The van der Waals surface area contributed by atoms with Gasteiger partial charge in [0, 0.05) is 15.7 Å². The fourth-order valence-corrected chi connectivity index (χ4v) is 4.52. The molecule has 2 aromatic carbocycles. The van der Waals surface area contributed by atoms with Gasteiger partial charge < -0.3 is 4.74 Å². The molecule has 1 heterocycles. The smallest absolute Gasteiger partial charge is 0.416 e. The van der Waals surface area contributed by atoms with Crippen LogP contribution in [0.4, 0.5) is 44.3 Å². The molecule has 0 aliphatic carbocycles. The summed E-state index contributed by atoms with van der Waals surface area (Å²) in [6.07, 6.45) is -15.9. The van der Waals surface area contributed by atoms with E-state index in [1.807, 2.05) is 0 Å². The van der Waals surface area contributed by atoms with Crippen LogP contribution in [0.15, 0.2) is 36.4 Å². The van der Waals surface area contributed by atoms with E-state index in [1.54, 1.807) is 22.6 Å². The van der Waals surface area contributed by atoms with Crippen molar-refractivity contribution in [2.24, 2.45) is 0 Å². The summed E-state index contributed by atoms with van der Waals surface area (Å²) in [6, 6.07) is 2.73. The van der Waals surface area contributed by atoms with Gasteiger partial charge in [0.2, 0.25) is 0 Å². The minimum Gasteiger partial charge on any atom is -0.436 e. The summed E-state index contributed by atoms with van der Waals surface area (Å²) in [6.45, 7) is 2.04. The molecule has 1 fully saturated rings. The van der Waals surface area contributed by atoms with Crippen molar-refractivity contribution in [2.75, 3.05) is 0 Å². The standard InChI is InChI=1S/C21H15F9INO2/c1-10-18(2,15-8-12(19(22,23)24)3-4-16(15)31)34-17(33)32(10)9-11-5-13(20(25,26)27)7-14(6-11)21(28,29)30/h3-8,10H,9H2,1-2H3/t10-,18?/m0/s1. The third-order valence-electron chi connectivity index (χ3n) is 5.63. The third kappa shape index (κ3) is 5.08. The van der Waals surface area contributed by atoms with Crippen LogP contribution in [-0.4, -0.2) is 17.0 Å². The topological polar surface area (TPSA) is 29.5 Å². The zero-order valence-electron chi connectivity index (χ0n) is 17.3. The molecule has 2 aromatic rings. The molecular weight excluding hydrogens is 596 g/mol. The number of halogens is 10. The van der Waals surface area contributed by atoms with Crippen LogP contribution >= 0.6 is 22.6 Å². The minimum absolute atomic E-state index is 0.00583. The molecule has 1 aliphatic heterocycles. The highest BCUT2D eigenvalue weighted by Gasteiger charge is 2.51. The Bertz CT molecular complexity index is 1080. The average molecular weight is 611 g/mol. The Hall–Kier alpha value is -2.19. The summed E-state index contributed by atoms with van der Waals surface area (Å²) >= 11 is 1.75. The quantitative estimate of drug-likeness (QED) is 0.264. The van der Waals surface area contributed by atoms with E-state index < -0.39 is 65.1 Å². The zero-order chi connectivity index (χ0) is 25.9. The summed E-state index contributed by atoms with van der Waals surface area (Å²) in [7, 11) is 0. The summed E-state index contributed by atoms with van der Waals surface area (Å²) in [5.74, 6) is 0. The number of ether oxygens (including phenoxy) is 1. The van der Waals surface area contributed by atoms with Crippen molar-refractivity contribution >= 4 is 28.7 Å². The molecule has 3 nitrogen and oxygen atoms in total. The molecule has 0 bridgehead atoms. The number of hydrogen-bond donors (Lipinski definition) is 0. The van der Waals surface area contributed by atoms with E-state index in [4.69, 9.17) is 4.74 Å². The van der Waals surface area contributed by atoms with Crippen molar-refractivity contribution in [1.29, 1.82) is 0 Å².